The van der Waals surface area contributed by atoms with E-state index in [2.05, 4.69) is 23.7 Å². The number of piperidine rings is 1. The molecule has 1 aromatic rings. The third kappa shape index (κ3) is 5.44. The van der Waals surface area contributed by atoms with E-state index in [0.29, 0.717) is 18.5 Å². The van der Waals surface area contributed by atoms with Crippen LogP contribution in [0.1, 0.15) is 56.3 Å². The molecule has 1 fully saturated rings. The molecule has 6 heteroatoms. The Bertz CT molecular complexity index is 574. The number of carbonyl (C=O) groups excluding carboxylic acids is 1. The summed E-state index contributed by atoms with van der Waals surface area (Å²) in [6.45, 7) is 7.46. The van der Waals surface area contributed by atoms with E-state index in [1.54, 1.807) is 6.20 Å². The predicted octanol–water partition coefficient (Wildman–Crippen LogP) is 3.03. The molecule has 1 aromatic heterocycles. The van der Waals surface area contributed by atoms with E-state index in [4.69, 9.17) is 5.11 Å². The molecular formula is C19H29N3O3. The highest BCUT2D eigenvalue weighted by Crippen LogP contribution is 2.23. The molecule has 0 bridgehead atoms. The number of pyridine rings is 1. The van der Waals surface area contributed by atoms with E-state index in [0.717, 1.165) is 44.7 Å². The SMILES string of the molecule is CCCN(CC)c1ccc(C(=O)N2CCCC(CCC(=O)O)C2)cn1. The average molecular weight is 347 g/mol. The number of aromatic nitrogens is 1. The third-order valence-corrected chi connectivity index (χ3v) is 4.77. The van der Waals surface area contributed by atoms with Crippen molar-refractivity contribution in [1.82, 2.24) is 9.88 Å². The van der Waals surface area contributed by atoms with E-state index in [1.165, 1.54) is 0 Å². The Hall–Kier alpha value is -2.11. The minimum atomic E-state index is -0.768. The second kappa shape index (κ2) is 9.39. The Labute approximate surface area is 149 Å². The van der Waals surface area contributed by atoms with Crippen molar-refractivity contribution < 1.29 is 14.7 Å². The lowest BCUT2D eigenvalue weighted by Crippen LogP contribution is -2.40. The molecule has 6 nitrogen and oxygen atoms in total. The zero-order valence-electron chi connectivity index (χ0n) is 15.3. The molecule has 2 rings (SSSR count). The van der Waals surface area contributed by atoms with Crippen LogP contribution in [0.15, 0.2) is 18.3 Å². The number of carboxylic acids is 1. The number of aliphatic carboxylic acids is 1. The van der Waals surface area contributed by atoms with Gasteiger partial charge in [0.1, 0.15) is 5.82 Å². The second-order valence-electron chi connectivity index (χ2n) is 6.68. The molecule has 1 amide bonds. The number of likely N-dealkylation sites (tertiary alicyclic amines) is 1. The Morgan fingerprint density at radius 3 is 2.76 bits per heavy atom. The van der Waals surface area contributed by atoms with Gasteiger partial charge in [-0.3, -0.25) is 9.59 Å². The quantitative estimate of drug-likeness (QED) is 0.782. The molecule has 0 aromatic carbocycles. The fourth-order valence-electron chi connectivity index (χ4n) is 3.40. The van der Waals surface area contributed by atoms with Crippen molar-refractivity contribution in [1.29, 1.82) is 0 Å². The molecule has 0 saturated carbocycles. The maximum absolute atomic E-state index is 12.7. The molecule has 0 aliphatic carbocycles. The summed E-state index contributed by atoms with van der Waals surface area (Å²) in [5.74, 6) is 0.411. The molecule has 0 spiro atoms. The predicted molar refractivity (Wildman–Crippen MR) is 97.9 cm³/mol. The van der Waals surface area contributed by atoms with Gasteiger partial charge in [0.15, 0.2) is 0 Å². The van der Waals surface area contributed by atoms with Crippen LogP contribution in [0.25, 0.3) is 0 Å². The molecule has 0 radical (unpaired) electrons. The molecule has 1 aliphatic heterocycles. The molecule has 2 heterocycles. The number of rotatable bonds is 8. The van der Waals surface area contributed by atoms with Gasteiger partial charge in [-0.1, -0.05) is 6.92 Å². The number of carbonyl (C=O) groups is 2. The molecule has 1 N–H and O–H groups in total. The molecule has 25 heavy (non-hydrogen) atoms. The first kappa shape index (κ1) is 19.2. The highest BCUT2D eigenvalue weighted by molar-refractivity contribution is 5.94. The Morgan fingerprint density at radius 2 is 2.16 bits per heavy atom. The van der Waals surface area contributed by atoms with Crippen molar-refractivity contribution >= 4 is 17.7 Å². The van der Waals surface area contributed by atoms with E-state index < -0.39 is 5.97 Å². The van der Waals surface area contributed by atoms with Crippen molar-refractivity contribution in [3.8, 4) is 0 Å². The largest absolute Gasteiger partial charge is 0.481 e. The van der Waals surface area contributed by atoms with E-state index >= 15 is 0 Å². The van der Waals surface area contributed by atoms with E-state index in [1.807, 2.05) is 17.0 Å². The highest BCUT2D eigenvalue weighted by atomic mass is 16.4. The molecule has 1 unspecified atom stereocenters. The summed E-state index contributed by atoms with van der Waals surface area (Å²) in [5, 5.41) is 8.83. The van der Waals surface area contributed by atoms with Crippen molar-refractivity contribution in [2.45, 2.75) is 46.0 Å². The zero-order valence-corrected chi connectivity index (χ0v) is 15.3. The van der Waals surface area contributed by atoms with Gasteiger partial charge in [-0.2, -0.15) is 0 Å². The van der Waals surface area contributed by atoms with Crippen LogP contribution in [-0.2, 0) is 4.79 Å². The van der Waals surface area contributed by atoms with E-state index in [-0.39, 0.29) is 18.2 Å². The summed E-state index contributed by atoms with van der Waals surface area (Å²) in [7, 11) is 0. The first-order valence-electron chi connectivity index (χ1n) is 9.27. The van der Waals surface area contributed by atoms with Gasteiger partial charge in [0, 0.05) is 38.8 Å². The van der Waals surface area contributed by atoms with Gasteiger partial charge in [0.05, 0.1) is 5.56 Å². The summed E-state index contributed by atoms with van der Waals surface area (Å²) >= 11 is 0. The van der Waals surface area contributed by atoms with Gasteiger partial charge in [-0.15, -0.1) is 0 Å². The average Bonchev–Trinajstić information content (AvgIpc) is 2.64. The van der Waals surface area contributed by atoms with Crippen LogP contribution in [0.4, 0.5) is 5.82 Å². The minimum absolute atomic E-state index is 0.00221. The smallest absolute Gasteiger partial charge is 0.303 e. The maximum atomic E-state index is 12.7. The first-order valence-corrected chi connectivity index (χ1v) is 9.27. The van der Waals surface area contributed by atoms with Crippen LogP contribution in [0, 0.1) is 5.92 Å². The highest BCUT2D eigenvalue weighted by Gasteiger charge is 2.25. The van der Waals surface area contributed by atoms with Crippen molar-refractivity contribution in [3.63, 3.8) is 0 Å². The number of amides is 1. The maximum Gasteiger partial charge on any atom is 0.303 e. The zero-order chi connectivity index (χ0) is 18.2. The second-order valence-corrected chi connectivity index (χ2v) is 6.68. The Morgan fingerprint density at radius 1 is 1.36 bits per heavy atom. The van der Waals surface area contributed by atoms with Crippen LogP contribution in [0.3, 0.4) is 0 Å². The van der Waals surface area contributed by atoms with E-state index in [9.17, 15) is 9.59 Å². The molecule has 1 aliphatic rings. The number of hydrogen-bond acceptors (Lipinski definition) is 4. The lowest BCUT2D eigenvalue weighted by atomic mass is 9.93. The van der Waals surface area contributed by atoms with Crippen LogP contribution in [0.2, 0.25) is 0 Å². The monoisotopic (exact) mass is 347 g/mol. The van der Waals surface area contributed by atoms with Gasteiger partial charge < -0.3 is 14.9 Å². The summed E-state index contributed by atoms with van der Waals surface area (Å²) in [6.07, 6.45) is 5.46. The Kier molecular flexibility index (Phi) is 7.22. The topological polar surface area (TPSA) is 73.7 Å². The van der Waals surface area contributed by atoms with Crippen molar-refractivity contribution in [2.75, 3.05) is 31.1 Å². The van der Waals surface area contributed by atoms with Gasteiger partial charge in [-0.25, -0.2) is 4.98 Å². The minimum Gasteiger partial charge on any atom is -0.481 e. The van der Waals surface area contributed by atoms with Crippen molar-refractivity contribution in [2.24, 2.45) is 5.92 Å². The normalized spacial score (nSPS) is 17.4. The van der Waals surface area contributed by atoms with Gasteiger partial charge >= 0.3 is 5.97 Å². The molecule has 138 valence electrons. The number of nitrogens with zero attached hydrogens (tertiary/aromatic N) is 3. The van der Waals surface area contributed by atoms with Gasteiger partial charge in [0.2, 0.25) is 0 Å². The van der Waals surface area contributed by atoms with Gasteiger partial charge in [-0.05, 0) is 50.7 Å². The Balaban J connectivity index is 1.98. The summed E-state index contributed by atoms with van der Waals surface area (Å²) < 4.78 is 0. The number of anilines is 1. The number of carboxylic acid groups (broad SMARTS) is 1. The number of hydrogen-bond donors (Lipinski definition) is 1. The lowest BCUT2D eigenvalue weighted by Gasteiger charge is -2.32. The summed E-state index contributed by atoms with van der Waals surface area (Å²) in [4.78, 5) is 32.0. The third-order valence-electron chi connectivity index (χ3n) is 4.77. The first-order chi connectivity index (χ1) is 12.0. The van der Waals surface area contributed by atoms with Gasteiger partial charge in [0.25, 0.3) is 5.91 Å². The van der Waals surface area contributed by atoms with Crippen LogP contribution < -0.4 is 4.90 Å². The van der Waals surface area contributed by atoms with Crippen molar-refractivity contribution in [3.05, 3.63) is 23.9 Å². The summed E-state index contributed by atoms with van der Waals surface area (Å²) in [6, 6.07) is 3.77. The molecule has 1 atom stereocenters. The summed E-state index contributed by atoms with van der Waals surface area (Å²) in [5.41, 5.74) is 0.607. The van der Waals surface area contributed by atoms with Crippen LogP contribution >= 0.6 is 0 Å². The molecule has 1 saturated heterocycles. The molecular weight excluding hydrogens is 318 g/mol. The van der Waals surface area contributed by atoms with Crippen LogP contribution in [-0.4, -0.2) is 53.0 Å². The fraction of sp³-hybridized carbons (Fsp3) is 0.632. The standard InChI is InChI=1S/C19H29N3O3/c1-3-11-21(4-2)17-9-8-16(13-20-17)19(25)22-12-5-6-15(14-22)7-10-18(23)24/h8-9,13,15H,3-7,10-12,14H2,1-2H3,(H,23,24). The fourth-order valence-corrected chi connectivity index (χ4v) is 3.40. The lowest BCUT2D eigenvalue weighted by molar-refractivity contribution is -0.137. The van der Waals surface area contributed by atoms with Crippen LogP contribution in [0.5, 0.6) is 0 Å².